The summed E-state index contributed by atoms with van der Waals surface area (Å²) in [5, 5.41) is 4.47. The number of para-hydroxylation sites is 1. The van der Waals surface area contributed by atoms with E-state index in [-0.39, 0.29) is 6.04 Å². The van der Waals surface area contributed by atoms with Gasteiger partial charge in [-0.2, -0.15) is 5.10 Å². The van der Waals surface area contributed by atoms with Crippen molar-refractivity contribution in [3.05, 3.63) is 41.6 Å². The molecule has 1 aromatic carbocycles. The lowest BCUT2D eigenvalue weighted by molar-refractivity contribution is 0.829. The normalized spacial score (nSPS) is 12.1. The van der Waals surface area contributed by atoms with Crippen LogP contribution in [-0.4, -0.2) is 21.7 Å². The van der Waals surface area contributed by atoms with Gasteiger partial charge in [0.05, 0.1) is 5.69 Å². The van der Waals surface area contributed by atoms with Crippen molar-refractivity contribution in [2.24, 2.45) is 10.7 Å². The molecule has 0 fully saturated rings. The average Bonchev–Trinajstić information content (AvgIpc) is 2.67. The molecule has 2 aromatic rings. The molecule has 1 heterocycles. The summed E-state index contributed by atoms with van der Waals surface area (Å²) in [7, 11) is 0. The second-order valence-electron chi connectivity index (χ2n) is 4.71. The number of benzene rings is 1. The first-order valence-electron chi connectivity index (χ1n) is 6.25. The predicted octanol–water partition coefficient (Wildman–Crippen LogP) is 1.88. The van der Waals surface area contributed by atoms with Gasteiger partial charge in [-0.1, -0.05) is 18.2 Å². The fourth-order valence-electron chi connectivity index (χ4n) is 1.86. The first-order chi connectivity index (χ1) is 9.00. The standard InChI is InChI=1S/C14H19N5/c1-9(2)17-13(15)12-10(3)14(16)19(18-12)11-7-5-4-6-8-11/h4-9H,16H2,1-3H3,(H2,15,17). The molecule has 0 saturated heterocycles. The van der Waals surface area contributed by atoms with Crippen molar-refractivity contribution in [2.45, 2.75) is 26.8 Å². The van der Waals surface area contributed by atoms with E-state index in [1.54, 1.807) is 4.68 Å². The zero-order chi connectivity index (χ0) is 14.0. The molecule has 100 valence electrons. The highest BCUT2D eigenvalue weighted by molar-refractivity contribution is 5.98. The molecule has 5 nitrogen and oxygen atoms in total. The molecule has 2 rings (SSSR count). The third-order valence-corrected chi connectivity index (χ3v) is 2.81. The molecular weight excluding hydrogens is 238 g/mol. The third-order valence-electron chi connectivity index (χ3n) is 2.81. The zero-order valence-corrected chi connectivity index (χ0v) is 11.5. The second kappa shape index (κ2) is 5.14. The molecule has 0 atom stereocenters. The maximum atomic E-state index is 6.09. The van der Waals surface area contributed by atoms with Gasteiger partial charge in [-0.25, -0.2) is 4.68 Å². The Labute approximate surface area is 112 Å². The minimum Gasteiger partial charge on any atom is -0.383 e. The molecule has 0 saturated carbocycles. The number of hydrogen-bond acceptors (Lipinski definition) is 3. The Bertz CT molecular complexity index is 596. The molecule has 0 unspecified atom stereocenters. The van der Waals surface area contributed by atoms with Crippen LogP contribution >= 0.6 is 0 Å². The van der Waals surface area contributed by atoms with Crippen LogP contribution in [0, 0.1) is 6.92 Å². The van der Waals surface area contributed by atoms with Crippen molar-refractivity contribution in [3.8, 4) is 5.69 Å². The van der Waals surface area contributed by atoms with Gasteiger partial charge in [0.2, 0.25) is 0 Å². The van der Waals surface area contributed by atoms with Crippen LogP contribution in [0.3, 0.4) is 0 Å². The molecule has 1 aromatic heterocycles. The smallest absolute Gasteiger partial charge is 0.147 e. The van der Waals surface area contributed by atoms with E-state index in [1.165, 1.54) is 0 Å². The molecule has 0 bridgehead atoms. The number of aliphatic imine (C=N–C) groups is 1. The Hall–Kier alpha value is -2.30. The van der Waals surface area contributed by atoms with Crippen molar-refractivity contribution < 1.29 is 0 Å². The van der Waals surface area contributed by atoms with Gasteiger partial charge in [0.1, 0.15) is 17.3 Å². The van der Waals surface area contributed by atoms with Crippen LogP contribution in [0.15, 0.2) is 35.3 Å². The highest BCUT2D eigenvalue weighted by Crippen LogP contribution is 2.20. The number of nitrogens with zero attached hydrogens (tertiary/aromatic N) is 3. The maximum Gasteiger partial charge on any atom is 0.147 e. The van der Waals surface area contributed by atoms with Crippen LogP contribution in [0.5, 0.6) is 0 Å². The fourth-order valence-corrected chi connectivity index (χ4v) is 1.86. The minimum atomic E-state index is 0.127. The molecule has 5 heteroatoms. The monoisotopic (exact) mass is 257 g/mol. The Morgan fingerprint density at radius 1 is 1.26 bits per heavy atom. The van der Waals surface area contributed by atoms with E-state index < -0.39 is 0 Å². The van der Waals surface area contributed by atoms with Gasteiger partial charge in [0.25, 0.3) is 0 Å². The van der Waals surface area contributed by atoms with E-state index in [1.807, 2.05) is 51.1 Å². The lowest BCUT2D eigenvalue weighted by Crippen LogP contribution is -2.17. The number of anilines is 1. The lowest BCUT2D eigenvalue weighted by Gasteiger charge is -2.02. The topological polar surface area (TPSA) is 82.2 Å². The van der Waals surface area contributed by atoms with Crippen LogP contribution in [0.1, 0.15) is 25.1 Å². The number of nitrogen functional groups attached to an aromatic ring is 1. The molecule has 0 aliphatic rings. The summed E-state index contributed by atoms with van der Waals surface area (Å²) in [5.41, 5.74) is 14.5. The Morgan fingerprint density at radius 3 is 2.47 bits per heavy atom. The summed E-state index contributed by atoms with van der Waals surface area (Å²) in [6.07, 6.45) is 0. The summed E-state index contributed by atoms with van der Waals surface area (Å²) < 4.78 is 1.69. The van der Waals surface area contributed by atoms with Crippen LogP contribution in [0.2, 0.25) is 0 Å². The van der Waals surface area contributed by atoms with Gasteiger partial charge >= 0.3 is 0 Å². The lowest BCUT2D eigenvalue weighted by atomic mass is 10.2. The molecule has 19 heavy (non-hydrogen) atoms. The predicted molar refractivity (Wildman–Crippen MR) is 78.6 cm³/mol. The van der Waals surface area contributed by atoms with Crippen LogP contribution in [0.25, 0.3) is 5.69 Å². The number of aromatic nitrogens is 2. The summed E-state index contributed by atoms with van der Waals surface area (Å²) >= 11 is 0. The van der Waals surface area contributed by atoms with Crippen molar-refractivity contribution in [1.29, 1.82) is 0 Å². The van der Waals surface area contributed by atoms with Crippen molar-refractivity contribution in [2.75, 3.05) is 5.73 Å². The summed E-state index contributed by atoms with van der Waals surface area (Å²) in [4.78, 5) is 4.32. The Morgan fingerprint density at radius 2 is 1.89 bits per heavy atom. The van der Waals surface area contributed by atoms with Gasteiger partial charge in [-0.05, 0) is 32.9 Å². The van der Waals surface area contributed by atoms with E-state index in [4.69, 9.17) is 11.5 Å². The highest BCUT2D eigenvalue weighted by atomic mass is 15.3. The number of rotatable bonds is 3. The van der Waals surface area contributed by atoms with E-state index >= 15 is 0 Å². The summed E-state index contributed by atoms with van der Waals surface area (Å²) in [6.45, 7) is 5.85. The van der Waals surface area contributed by atoms with Gasteiger partial charge < -0.3 is 11.5 Å². The number of nitrogens with two attached hydrogens (primary N) is 2. The SMILES string of the molecule is Cc1c(C(N)=NC(C)C)nn(-c2ccccc2)c1N. The first kappa shape index (κ1) is 13.1. The molecule has 0 amide bonds. The molecule has 0 aliphatic carbocycles. The quantitative estimate of drug-likeness (QED) is 0.650. The molecule has 0 aliphatic heterocycles. The van der Waals surface area contributed by atoms with Gasteiger partial charge in [-0.3, -0.25) is 4.99 Å². The Balaban J connectivity index is 2.51. The molecule has 0 radical (unpaired) electrons. The van der Waals surface area contributed by atoms with Crippen molar-refractivity contribution >= 4 is 11.7 Å². The van der Waals surface area contributed by atoms with E-state index in [0.29, 0.717) is 17.3 Å². The van der Waals surface area contributed by atoms with E-state index in [0.717, 1.165) is 11.3 Å². The van der Waals surface area contributed by atoms with E-state index in [9.17, 15) is 0 Å². The molecule has 0 spiro atoms. The molecular formula is C14H19N5. The van der Waals surface area contributed by atoms with Crippen molar-refractivity contribution in [1.82, 2.24) is 9.78 Å². The number of hydrogen-bond donors (Lipinski definition) is 2. The van der Waals surface area contributed by atoms with Crippen LogP contribution in [-0.2, 0) is 0 Å². The molecule has 4 N–H and O–H groups in total. The van der Waals surface area contributed by atoms with Gasteiger partial charge in [0, 0.05) is 11.6 Å². The average molecular weight is 257 g/mol. The van der Waals surface area contributed by atoms with Gasteiger partial charge in [-0.15, -0.1) is 0 Å². The van der Waals surface area contributed by atoms with Gasteiger partial charge in [0.15, 0.2) is 0 Å². The number of amidine groups is 1. The summed E-state index contributed by atoms with van der Waals surface area (Å²) in [5.74, 6) is 1.01. The highest BCUT2D eigenvalue weighted by Gasteiger charge is 2.15. The zero-order valence-electron chi connectivity index (χ0n) is 11.5. The minimum absolute atomic E-state index is 0.127. The van der Waals surface area contributed by atoms with Crippen LogP contribution < -0.4 is 11.5 Å². The maximum absolute atomic E-state index is 6.09. The Kier molecular flexibility index (Phi) is 3.55. The third kappa shape index (κ3) is 2.59. The fraction of sp³-hybridized carbons (Fsp3) is 0.286. The first-order valence-corrected chi connectivity index (χ1v) is 6.25. The second-order valence-corrected chi connectivity index (χ2v) is 4.71. The van der Waals surface area contributed by atoms with Crippen molar-refractivity contribution in [3.63, 3.8) is 0 Å². The largest absolute Gasteiger partial charge is 0.383 e. The van der Waals surface area contributed by atoms with Crippen LogP contribution in [0.4, 0.5) is 5.82 Å². The van der Waals surface area contributed by atoms with E-state index in [2.05, 4.69) is 10.1 Å². The summed E-state index contributed by atoms with van der Waals surface area (Å²) in [6, 6.07) is 9.85.